The average Bonchev–Trinajstić information content (AvgIpc) is 3.39. The van der Waals surface area contributed by atoms with Crippen LogP contribution in [0.1, 0.15) is 50.0 Å². The molecule has 1 fully saturated rings. The number of nitrogens with one attached hydrogen (secondary N) is 1. The molecule has 1 aromatic heterocycles. The van der Waals surface area contributed by atoms with Gasteiger partial charge in [-0.15, -0.1) is 4.40 Å². The summed E-state index contributed by atoms with van der Waals surface area (Å²) < 4.78 is 35.4. The molecule has 3 heterocycles. The molecule has 0 aliphatic carbocycles. The molecule has 0 spiro atoms. The third-order valence-corrected chi connectivity index (χ3v) is 7.73. The summed E-state index contributed by atoms with van der Waals surface area (Å²) in [5.41, 5.74) is 2.51. The van der Waals surface area contributed by atoms with Gasteiger partial charge in [-0.3, -0.25) is 4.79 Å². The molecule has 1 amide bonds. The predicted octanol–water partition coefficient (Wildman–Crippen LogP) is 3.91. The first-order chi connectivity index (χ1) is 15.8. The van der Waals surface area contributed by atoms with E-state index in [0.29, 0.717) is 55.1 Å². The van der Waals surface area contributed by atoms with Gasteiger partial charge in [0.2, 0.25) is 5.91 Å². The van der Waals surface area contributed by atoms with E-state index in [4.69, 9.17) is 4.42 Å². The van der Waals surface area contributed by atoms with Crippen LogP contribution in [0.3, 0.4) is 0 Å². The highest BCUT2D eigenvalue weighted by Gasteiger charge is 2.36. The van der Waals surface area contributed by atoms with E-state index in [9.17, 15) is 13.2 Å². The number of nitrogens with zero attached hydrogens (tertiary/aromatic N) is 2. The zero-order valence-corrected chi connectivity index (χ0v) is 20.2. The fraction of sp³-hybridized carbons (Fsp3) is 0.440. The second kappa shape index (κ2) is 9.55. The van der Waals surface area contributed by atoms with Crippen molar-refractivity contribution in [2.45, 2.75) is 52.5 Å². The Bertz CT molecular complexity index is 1160. The Morgan fingerprint density at radius 1 is 1.21 bits per heavy atom. The van der Waals surface area contributed by atoms with Crippen molar-refractivity contribution in [1.29, 1.82) is 0 Å². The molecule has 8 heteroatoms. The topological polar surface area (TPSA) is 92.0 Å². The van der Waals surface area contributed by atoms with Gasteiger partial charge < -0.3 is 14.6 Å². The van der Waals surface area contributed by atoms with Gasteiger partial charge in [0, 0.05) is 37.0 Å². The quantitative estimate of drug-likeness (QED) is 0.693. The normalized spacial score (nSPS) is 19.5. The fourth-order valence-corrected chi connectivity index (χ4v) is 6.09. The molecule has 4 rings (SSSR count). The van der Waals surface area contributed by atoms with Crippen LogP contribution in [0.5, 0.6) is 0 Å². The number of hydrogen-bond acceptors (Lipinski definition) is 5. The molecule has 2 aromatic rings. The maximum atomic E-state index is 13.0. The Balaban J connectivity index is 1.42. The highest BCUT2D eigenvalue weighted by atomic mass is 32.2. The molecule has 0 saturated carbocycles. The second-order valence-electron chi connectivity index (χ2n) is 8.87. The third-order valence-electron chi connectivity index (χ3n) is 6.32. The zero-order chi connectivity index (χ0) is 23.6. The van der Waals surface area contributed by atoms with Gasteiger partial charge >= 0.3 is 0 Å². The first-order valence-electron chi connectivity index (χ1n) is 11.5. The largest absolute Gasteiger partial charge is 0.469 e. The summed E-state index contributed by atoms with van der Waals surface area (Å²) in [6, 6.07) is 11.3. The first-order valence-corrected chi connectivity index (χ1v) is 13.0. The van der Waals surface area contributed by atoms with Crippen LogP contribution in [-0.2, 0) is 21.2 Å². The zero-order valence-electron chi connectivity index (χ0n) is 19.4. The molecule has 1 aromatic carbocycles. The number of rotatable bonds is 6. The summed E-state index contributed by atoms with van der Waals surface area (Å²) in [5.74, 6) is 1.34. The maximum absolute atomic E-state index is 13.0. The fourth-order valence-electron chi connectivity index (χ4n) is 4.56. The SMILES string of the molecule is CCC1=C(c2ccc(C)cc2)S(=O)(=O)N=C1N1CCC(C(=O)NC(C)Cc2ccco2)CC1. The van der Waals surface area contributed by atoms with E-state index in [1.165, 1.54) is 0 Å². The molecule has 2 aliphatic rings. The minimum atomic E-state index is -3.75. The van der Waals surface area contributed by atoms with Crippen molar-refractivity contribution in [3.8, 4) is 0 Å². The smallest absolute Gasteiger partial charge is 0.285 e. The van der Waals surface area contributed by atoms with Crippen molar-refractivity contribution >= 4 is 26.7 Å². The van der Waals surface area contributed by atoms with Crippen molar-refractivity contribution in [2.24, 2.45) is 10.3 Å². The Morgan fingerprint density at radius 3 is 2.52 bits per heavy atom. The van der Waals surface area contributed by atoms with Gasteiger partial charge in [-0.1, -0.05) is 36.8 Å². The van der Waals surface area contributed by atoms with Crippen LogP contribution in [0.15, 0.2) is 57.0 Å². The van der Waals surface area contributed by atoms with E-state index in [2.05, 4.69) is 9.71 Å². The lowest BCUT2D eigenvalue weighted by Crippen LogP contribution is -2.45. The van der Waals surface area contributed by atoms with Crippen LogP contribution in [0, 0.1) is 12.8 Å². The van der Waals surface area contributed by atoms with Gasteiger partial charge in [-0.25, -0.2) is 0 Å². The summed E-state index contributed by atoms with van der Waals surface area (Å²) in [4.78, 5) is 15.1. The van der Waals surface area contributed by atoms with Crippen LogP contribution in [0.25, 0.3) is 4.91 Å². The van der Waals surface area contributed by atoms with Gasteiger partial charge in [-0.2, -0.15) is 8.42 Å². The number of carbonyl (C=O) groups is 1. The lowest BCUT2D eigenvalue weighted by atomic mass is 9.94. The summed E-state index contributed by atoms with van der Waals surface area (Å²) in [7, 11) is -3.75. The van der Waals surface area contributed by atoms with Crippen molar-refractivity contribution < 1.29 is 17.6 Å². The number of amides is 1. The van der Waals surface area contributed by atoms with Crippen LogP contribution in [0.4, 0.5) is 0 Å². The molecule has 0 bridgehead atoms. The Labute approximate surface area is 195 Å². The average molecular weight is 470 g/mol. The molecular formula is C25H31N3O4S. The molecule has 7 nitrogen and oxygen atoms in total. The van der Waals surface area contributed by atoms with E-state index in [-0.39, 0.29) is 17.9 Å². The summed E-state index contributed by atoms with van der Waals surface area (Å²) >= 11 is 0. The lowest BCUT2D eigenvalue weighted by Gasteiger charge is -2.33. The number of hydrogen-bond donors (Lipinski definition) is 1. The highest BCUT2D eigenvalue weighted by Crippen LogP contribution is 2.36. The van der Waals surface area contributed by atoms with Gasteiger partial charge in [0.05, 0.1) is 6.26 Å². The van der Waals surface area contributed by atoms with Crippen LogP contribution in [0.2, 0.25) is 0 Å². The van der Waals surface area contributed by atoms with Crippen molar-refractivity contribution in [1.82, 2.24) is 10.2 Å². The van der Waals surface area contributed by atoms with E-state index in [1.807, 2.05) is 62.1 Å². The molecule has 176 valence electrons. The molecular weight excluding hydrogens is 438 g/mol. The van der Waals surface area contributed by atoms with Crippen LogP contribution < -0.4 is 5.32 Å². The second-order valence-corrected chi connectivity index (χ2v) is 10.4. The summed E-state index contributed by atoms with van der Waals surface area (Å²) in [6.45, 7) is 7.11. The van der Waals surface area contributed by atoms with Crippen molar-refractivity contribution in [2.75, 3.05) is 13.1 Å². The Morgan fingerprint density at radius 2 is 1.91 bits per heavy atom. The van der Waals surface area contributed by atoms with Crippen LogP contribution in [-0.4, -0.2) is 44.2 Å². The number of amidine groups is 1. The highest BCUT2D eigenvalue weighted by molar-refractivity contribution is 8.00. The number of likely N-dealkylation sites (tertiary alicyclic amines) is 1. The van der Waals surface area contributed by atoms with E-state index < -0.39 is 10.0 Å². The van der Waals surface area contributed by atoms with Crippen molar-refractivity contribution in [3.05, 3.63) is 65.1 Å². The van der Waals surface area contributed by atoms with E-state index in [1.54, 1.807) is 6.26 Å². The van der Waals surface area contributed by atoms with Gasteiger partial charge in [0.1, 0.15) is 16.5 Å². The molecule has 1 unspecified atom stereocenters. The molecule has 33 heavy (non-hydrogen) atoms. The number of piperidine rings is 1. The number of benzene rings is 1. The monoisotopic (exact) mass is 469 g/mol. The van der Waals surface area contributed by atoms with E-state index >= 15 is 0 Å². The summed E-state index contributed by atoms with van der Waals surface area (Å²) in [6.07, 6.45) is 4.18. The number of sulfonamides is 1. The van der Waals surface area contributed by atoms with Crippen molar-refractivity contribution in [3.63, 3.8) is 0 Å². The van der Waals surface area contributed by atoms with Gasteiger partial charge in [-0.05, 0) is 50.8 Å². The lowest BCUT2D eigenvalue weighted by molar-refractivity contribution is -0.126. The molecule has 1 saturated heterocycles. The number of aryl methyl sites for hydroxylation is 1. The first kappa shape index (κ1) is 23.3. The molecule has 2 aliphatic heterocycles. The molecule has 1 N–H and O–H groups in total. The number of carbonyl (C=O) groups excluding carboxylic acids is 1. The minimum absolute atomic E-state index is 0.0160. The molecule has 1 atom stereocenters. The molecule has 0 radical (unpaired) electrons. The minimum Gasteiger partial charge on any atom is -0.469 e. The van der Waals surface area contributed by atoms with Gasteiger partial charge in [0.15, 0.2) is 0 Å². The Hall–Kier alpha value is -2.87. The number of furan rings is 1. The summed E-state index contributed by atoms with van der Waals surface area (Å²) in [5, 5.41) is 3.09. The van der Waals surface area contributed by atoms with Crippen LogP contribution >= 0.6 is 0 Å². The standard InChI is InChI=1S/C25H31N3O4S/c1-4-22-23(19-9-7-17(2)8-10-19)33(30,31)27-24(22)28-13-11-20(12-14-28)25(29)26-18(3)16-21-6-5-15-32-21/h5-10,15,18,20H,4,11-14,16H2,1-3H3,(H,26,29). The third kappa shape index (κ3) is 5.05. The maximum Gasteiger partial charge on any atom is 0.285 e. The van der Waals surface area contributed by atoms with E-state index in [0.717, 1.165) is 16.9 Å². The van der Waals surface area contributed by atoms with Gasteiger partial charge in [0.25, 0.3) is 10.0 Å². The predicted molar refractivity (Wildman–Crippen MR) is 129 cm³/mol. The Kier molecular flexibility index (Phi) is 6.74.